The van der Waals surface area contributed by atoms with Gasteiger partial charge in [-0.2, -0.15) is 0 Å². The molecule has 21 heavy (non-hydrogen) atoms. The van der Waals surface area contributed by atoms with Gasteiger partial charge in [-0.3, -0.25) is 4.21 Å². The van der Waals surface area contributed by atoms with Crippen LogP contribution >= 0.6 is 0 Å². The van der Waals surface area contributed by atoms with E-state index in [2.05, 4.69) is 24.3 Å². The molecule has 3 heteroatoms. The summed E-state index contributed by atoms with van der Waals surface area (Å²) in [6.45, 7) is 0. The van der Waals surface area contributed by atoms with Crippen molar-refractivity contribution < 1.29 is 4.21 Å². The third kappa shape index (κ3) is 2.16. The monoisotopic (exact) mass is 297 g/mol. The van der Waals surface area contributed by atoms with Gasteiger partial charge in [0.1, 0.15) is 0 Å². The zero-order chi connectivity index (χ0) is 14.4. The zero-order valence-corrected chi connectivity index (χ0v) is 12.7. The molecular formula is C18H19NOS. The van der Waals surface area contributed by atoms with Crippen LogP contribution in [0.3, 0.4) is 0 Å². The minimum absolute atomic E-state index is 0.00172. The van der Waals surface area contributed by atoms with Gasteiger partial charge in [-0.25, -0.2) is 0 Å². The van der Waals surface area contributed by atoms with Crippen LogP contribution in [0.5, 0.6) is 0 Å². The first kappa shape index (κ1) is 13.2. The van der Waals surface area contributed by atoms with Crippen molar-refractivity contribution >= 4 is 10.8 Å². The van der Waals surface area contributed by atoms with Crippen molar-refractivity contribution in [2.75, 3.05) is 0 Å². The zero-order valence-electron chi connectivity index (χ0n) is 11.9. The lowest BCUT2D eigenvalue weighted by Gasteiger charge is -2.16. The van der Waals surface area contributed by atoms with Crippen molar-refractivity contribution in [3.8, 4) is 0 Å². The summed E-state index contributed by atoms with van der Waals surface area (Å²) < 4.78 is 13.0. The van der Waals surface area contributed by atoms with Gasteiger partial charge >= 0.3 is 0 Å². The van der Waals surface area contributed by atoms with Gasteiger partial charge in [-0.1, -0.05) is 30.3 Å². The molecule has 0 aromatic heterocycles. The molecule has 2 aliphatic rings. The molecule has 0 radical (unpaired) electrons. The van der Waals surface area contributed by atoms with E-state index >= 15 is 0 Å². The molecule has 0 aliphatic heterocycles. The molecule has 3 atom stereocenters. The van der Waals surface area contributed by atoms with E-state index in [0.29, 0.717) is 0 Å². The van der Waals surface area contributed by atoms with Crippen molar-refractivity contribution in [3.05, 3.63) is 64.7 Å². The van der Waals surface area contributed by atoms with Crippen molar-refractivity contribution in [1.82, 2.24) is 0 Å². The largest absolute Gasteiger partial charge is 0.323 e. The summed E-state index contributed by atoms with van der Waals surface area (Å²) >= 11 is 0. The first-order valence-electron chi connectivity index (χ1n) is 7.60. The predicted octanol–water partition coefficient (Wildman–Crippen LogP) is 2.91. The maximum atomic E-state index is 13.0. The summed E-state index contributed by atoms with van der Waals surface area (Å²) in [5.74, 6) is 0. The lowest BCUT2D eigenvalue weighted by Crippen LogP contribution is -2.26. The minimum Gasteiger partial charge on any atom is -0.323 e. The highest BCUT2D eigenvalue weighted by molar-refractivity contribution is 7.85. The molecule has 2 aromatic rings. The molecular weight excluding hydrogens is 278 g/mol. The molecule has 108 valence electrons. The summed E-state index contributed by atoms with van der Waals surface area (Å²) in [5, 5.41) is 0.00172. The maximum Gasteiger partial charge on any atom is 0.0627 e. The predicted molar refractivity (Wildman–Crippen MR) is 85.7 cm³/mol. The lowest BCUT2D eigenvalue weighted by molar-refractivity contribution is 0.646. The Kier molecular flexibility index (Phi) is 3.20. The summed E-state index contributed by atoms with van der Waals surface area (Å²) in [4.78, 5) is 0.948. The SMILES string of the molecule is NC1c2ccccc2CC1S(=O)c1ccc2c(c1)CCC2. The number of rotatable bonds is 2. The van der Waals surface area contributed by atoms with E-state index in [4.69, 9.17) is 5.73 Å². The van der Waals surface area contributed by atoms with Gasteiger partial charge < -0.3 is 5.73 Å². The fourth-order valence-electron chi connectivity index (χ4n) is 3.65. The average Bonchev–Trinajstić information content (AvgIpc) is 3.11. The number of hydrogen-bond acceptors (Lipinski definition) is 2. The van der Waals surface area contributed by atoms with Crippen LogP contribution in [0.25, 0.3) is 0 Å². The highest BCUT2D eigenvalue weighted by Gasteiger charge is 2.34. The molecule has 0 amide bonds. The Morgan fingerprint density at radius 1 is 1.00 bits per heavy atom. The molecule has 2 aromatic carbocycles. The van der Waals surface area contributed by atoms with Gasteiger partial charge in [0.25, 0.3) is 0 Å². The molecule has 0 bridgehead atoms. The van der Waals surface area contributed by atoms with Crippen molar-refractivity contribution in [1.29, 1.82) is 0 Å². The Morgan fingerprint density at radius 2 is 1.81 bits per heavy atom. The highest BCUT2D eigenvalue weighted by atomic mass is 32.2. The van der Waals surface area contributed by atoms with Gasteiger partial charge in [-0.15, -0.1) is 0 Å². The first-order chi connectivity index (χ1) is 10.2. The summed E-state index contributed by atoms with van der Waals surface area (Å²) in [7, 11) is -1.03. The molecule has 0 saturated heterocycles. The molecule has 0 heterocycles. The van der Waals surface area contributed by atoms with Crippen LogP contribution in [-0.2, 0) is 30.1 Å². The van der Waals surface area contributed by atoms with Gasteiger partial charge in [0.15, 0.2) is 0 Å². The van der Waals surface area contributed by atoms with E-state index in [1.807, 2.05) is 18.2 Å². The van der Waals surface area contributed by atoms with E-state index in [9.17, 15) is 4.21 Å². The number of hydrogen-bond donors (Lipinski definition) is 1. The fourth-order valence-corrected chi connectivity index (χ4v) is 5.20. The van der Waals surface area contributed by atoms with Gasteiger partial charge in [0, 0.05) is 10.9 Å². The van der Waals surface area contributed by atoms with Gasteiger partial charge in [0.2, 0.25) is 0 Å². The number of benzene rings is 2. The second-order valence-corrected chi connectivity index (χ2v) is 7.72. The second kappa shape index (κ2) is 5.08. The Balaban J connectivity index is 1.65. The fraction of sp³-hybridized carbons (Fsp3) is 0.333. The van der Waals surface area contributed by atoms with Gasteiger partial charge in [0.05, 0.1) is 16.0 Å². The normalized spacial score (nSPS) is 24.6. The molecule has 0 spiro atoms. The summed E-state index contributed by atoms with van der Waals surface area (Å²) in [5.41, 5.74) is 11.6. The standard InChI is InChI=1S/C18H19NOS/c19-18-16-7-2-1-4-14(16)11-17(18)21(20)15-9-8-12-5-3-6-13(12)10-15/h1-2,4,7-10,17-18H,3,5-6,11,19H2. The lowest BCUT2D eigenvalue weighted by atomic mass is 10.1. The van der Waals surface area contributed by atoms with Crippen LogP contribution in [0.15, 0.2) is 47.4 Å². The van der Waals surface area contributed by atoms with E-state index in [1.54, 1.807) is 0 Å². The second-order valence-electron chi connectivity index (χ2n) is 6.05. The molecule has 0 fully saturated rings. The van der Waals surface area contributed by atoms with E-state index in [-0.39, 0.29) is 11.3 Å². The molecule has 2 nitrogen and oxygen atoms in total. The summed E-state index contributed by atoms with van der Waals surface area (Å²) in [6, 6.07) is 14.4. The molecule has 2 aliphatic carbocycles. The molecule has 4 rings (SSSR count). The van der Waals surface area contributed by atoms with E-state index in [1.165, 1.54) is 23.1 Å². The molecule has 0 saturated carbocycles. The first-order valence-corrected chi connectivity index (χ1v) is 8.81. The summed E-state index contributed by atoms with van der Waals surface area (Å²) in [6.07, 6.45) is 4.33. The number of fused-ring (bicyclic) bond motifs is 2. The van der Waals surface area contributed by atoms with Crippen LogP contribution in [0.4, 0.5) is 0 Å². The Bertz CT molecular complexity index is 725. The van der Waals surface area contributed by atoms with Crippen LogP contribution in [0.2, 0.25) is 0 Å². The topological polar surface area (TPSA) is 43.1 Å². The Morgan fingerprint density at radius 3 is 2.67 bits per heavy atom. The smallest absolute Gasteiger partial charge is 0.0627 e. The Labute approximate surface area is 127 Å². The minimum atomic E-state index is -1.03. The third-order valence-electron chi connectivity index (χ3n) is 4.81. The van der Waals surface area contributed by atoms with Crippen molar-refractivity contribution in [2.45, 2.75) is 41.9 Å². The van der Waals surface area contributed by atoms with Crippen molar-refractivity contribution in [3.63, 3.8) is 0 Å². The van der Waals surface area contributed by atoms with Gasteiger partial charge in [-0.05, 0) is 60.1 Å². The molecule has 2 N–H and O–H groups in total. The maximum absolute atomic E-state index is 13.0. The quantitative estimate of drug-likeness (QED) is 0.926. The van der Waals surface area contributed by atoms with E-state index < -0.39 is 10.8 Å². The van der Waals surface area contributed by atoms with Crippen molar-refractivity contribution in [2.24, 2.45) is 5.73 Å². The average molecular weight is 297 g/mol. The highest BCUT2D eigenvalue weighted by Crippen LogP contribution is 2.35. The van der Waals surface area contributed by atoms with E-state index in [0.717, 1.165) is 29.7 Å². The Hall–Kier alpha value is -1.45. The molecule has 3 unspecified atom stereocenters. The van der Waals surface area contributed by atoms with Crippen LogP contribution in [0.1, 0.15) is 34.7 Å². The number of nitrogens with two attached hydrogens (primary N) is 1. The van der Waals surface area contributed by atoms with Crippen LogP contribution in [-0.4, -0.2) is 9.46 Å². The number of aryl methyl sites for hydroxylation is 2. The third-order valence-corrected chi connectivity index (χ3v) is 6.54. The van der Waals surface area contributed by atoms with Crippen LogP contribution < -0.4 is 5.73 Å². The van der Waals surface area contributed by atoms with Crippen LogP contribution in [0, 0.1) is 0 Å².